The second-order valence-electron chi connectivity index (χ2n) is 2.98. The van der Waals surface area contributed by atoms with E-state index in [9.17, 15) is 13.2 Å². The summed E-state index contributed by atoms with van der Waals surface area (Å²) in [4.78, 5) is 18.6. The number of sulfonamides is 1. The van der Waals surface area contributed by atoms with Gasteiger partial charge in [-0.3, -0.25) is 4.31 Å². The van der Waals surface area contributed by atoms with Crippen molar-refractivity contribution in [2.75, 3.05) is 24.7 Å². The third-order valence-electron chi connectivity index (χ3n) is 1.85. The van der Waals surface area contributed by atoms with Gasteiger partial charge in [0.15, 0.2) is 11.5 Å². The Morgan fingerprint density at radius 2 is 2.00 bits per heavy atom. The van der Waals surface area contributed by atoms with Crippen LogP contribution >= 0.6 is 0 Å². The zero-order valence-electron chi connectivity index (χ0n) is 9.04. The zero-order valence-corrected chi connectivity index (χ0v) is 9.85. The Bertz CT molecular complexity index is 483. The van der Waals surface area contributed by atoms with Crippen LogP contribution in [-0.2, 0) is 14.8 Å². The molecule has 0 aliphatic carbocycles. The molecule has 0 radical (unpaired) electrons. The van der Waals surface area contributed by atoms with Crippen LogP contribution in [0.1, 0.15) is 10.5 Å². The predicted octanol–water partition coefficient (Wildman–Crippen LogP) is -0.341. The molecule has 0 aromatic carbocycles. The quantitative estimate of drug-likeness (QED) is 0.677. The molecule has 0 saturated carbocycles. The lowest BCUT2D eigenvalue weighted by Crippen LogP contribution is -2.26. The average molecular weight is 245 g/mol. The molecule has 0 atom stereocenters. The number of methoxy groups -OCH3 is 1. The molecule has 1 heterocycles. The number of ether oxygens (including phenoxy) is 1. The van der Waals surface area contributed by atoms with Gasteiger partial charge >= 0.3 is 5.97 Å². The van der Waals surface area contributed by atoms with Crippen LogP contribution < -0.4 is 4.31 Å². The van der Waals surface area contributed by atoms with Crippen LogP contribution in [0.4, 0.5) is 5.82 Å². The lowest BCUT2D eigenvalue weighted by atomic mass is 10.4. The minimum Gasteiger partial charge on any atom is -0.464 e. The molecule has 0 saturated heterocycles. The van der Waals surface area contributed by atoms with Crippen LogP contribution in [0.3, 0.4) is 0 Å². The largest absolute Gasteiger partial charge is 0.464 e. The molecule has 1 aromatic heterocycles. The Morgan fingerprint density at radius 1 is 1.38 bits per heavy atom. The van der Waals surface area contributed by atoms with Crippen LogP contribution in [0.5, 0.6) is 0 Å². The number of nitrogens with zero attached hydrogens (tertiary/aromatic N) is 3. The lowest BCUT2D eigenvalue weighted by molar-refractivity contribution is 0.0593. The number of carbonyl (C=O) groups is 1. The van der Waals surface area contributed by atoms with Crippen molar-refractivity contribution >= 4 is 21.8 Å². The minimum absolute atomic E-state index is 0.0214. The van der Waals surface area contributed by atoms with Gasteiger partial charge in [-0.2, -0.15) is 0 Å². The van der Waals surface area contributed by atoms with Crippen LogP contribution in [0.15, 0.2) is 12.4 Å². The minimum atomic E-state index is -3.38. The molecular formula is C8H11N3O4S. The molecule has 0 unspecified atom stereocenters. The lowest BCUT2D eigenvalue weighted by Gasteiger charge is -2.14. The maximum Gasteiger partial charge on any atom is 0.358 e. The second-order valence-corrected chi connectivity index (χ2v) is 5.00. The van der Waals surface area contributed by atoms with E-state index in [1.54, 1.807) is 0 Å². The molecule has 0 fully saturated rings. The van der Waals surface area contributed by atoms with Gasteiger partial charge in [-0.15, -0.1) is 0 Å². The molecule has 1 aromatic rings. The monoisotopic (exact) mass is 245 g/mol. The van der Waals surface area contributed by atoms with Crippen molar-refractivity contribution < 1.29 is 17.9 Å². The summed E-state index contributed by atoms with van der Waals surface area (Å²) in [7, 11) is -0.813. The van der Waals surface area contributed by atoms with Crippen molar-refractivity contribution in [2.24, 2.45) is 0 Å². The summed E-state index contributed by atoms with van der Waals surface area (Å²) in [5.41, 5.74) is 0.0214. The Labute approximate surface area is 93.1 Å². The highest BCUT2D eigenvalue weighted by molar-refractivity contribution is 7.92. The SMILES string of the molecule is COC(=O)c1cnc(N(C)S(C)(=O)=O)cn1. The van der Waals surface area contributed by atoms with E-state index in [0.29, 0.717) is 0 Å². The Kier molecular flexibility index (Phi) is 3.43. The van der Waals surface area contributed by atoms with Crippen molar-refractivity contribution in [2.45, 2.75) is 0 Å². The standard InChI is InChI=1S/C8H11N3O4S/c1-11(16(3,13)14)7-5-9-6(4-10-7)8(12)15-2/h4-5H,1-3H3. The first-order valence-corrected chi connectivity index (χ1v) is 6.05. The Balaban J connectivity index is 3.00. The van der Waals surface area contributed by atoms with Crippen LogP contribution in [0, 0.1) is 0 Å². The third kappa shape index (κ3) is 2.66. The fourth-order valence-electron chi connectivity index (χ4n) is 0.864. The van der Waals surface area contributed by atoms with E-state index in [0.717, 1.165) is 16.8 Å². The number of anilines is 1. The van der Waals surface area contributed by atoms with Crippen LogP contribution in [-0.4, -0.2) is 44.8 Å². The first kappa shape index (κ1) is 12.4. The van der Waals surface area contributed by atoms with Crippen LogP contribution in [0.2, 0.25) is 0 Å². The molecule has 0 aliphatic rings. The average Bonchev–Trinajstić information content (AvgIpc) is 2.26. The van der Waals surface area contributed by atoms with E-state index in [2.05, 4.69) is 14.7 Å². The molecular weight excluding hydrogens is 234 g/mol. The third-order valence-corrected chi connectivity index (χ3v) is 3.03. The van der Waals surface area contributed by atoms with Gasteiger partial charge in [0.05, 0.1) is 25.8 Å². The van der Waals surface area contributed by atoms with Gasteiger partial charge in [-0.25, -0.2) is 23.2 Å². The smallest absolute Gasteiger partial charge is 0.358 e. The normalized spacial score (nSPS) is 10.9. The fourth-order valence-corrected chi connectivity index (χ4v) is 1.30. The molecule has 0 bridgehead atoms. The zero-order chi connectivity index (χ0) is 12.3. The molecule has 1 rings (SSSR count). The summed E-state index contributed by atoms with van der Waals surface area (Å²) in [6.07, 6.45) is 3.39. The molecule has 0 aliphatic heterocycles. The summed E-state index contributed by atoms with van der Waals surface area (Å²) in [5.74, 6) is -0.490. The maximum atomic E-state index is 11.2. The van der Waals surface area contributed by atoms with Gasteiger partial charge in [0.2, 0.25) is 10.0 Å². The van der Waals surface area contributed by atoms with Crippen molar-refractivity contribution in [3.8, 4) is 0 Å². The van der Waals surface area contributed by atoms with Crippen molar-refractivity contribution in [3.05, 3.63) is 18.1 Å². The molecule has 0 N–H and O–H groups in total. The number of rotatable bonds is 3. The first-order valence-electron chi connectivity index (χ1n) is 4.20. The van der Waals surface area contributed by atoms with E-state index in [1.807, 2.05) is 0 Å². The number of carbonyl (C=O) groups excluding carboxylic acids is 1. The number of aromatic nitrogens is 2. The number of hydrogen-bond acceptors (Lipinski definition) is 6. The second kappa shape index (κ2) is 4.44. The summed E-state index contributed by atoms with van der Waals surface area (Å²) < 4.78 is 27.7. The van der Waals surface area contributed by atoms with Crippen molar-refractivity contribution in [1.29, 1.82) is 0 Å². The number of hydrogen-bond donors (Lipinski definition) is 0. The topological polar surface area (TPSA) is 89.5 Å². The van der Waals surface area contributed by atoms with Gasteiger partial charge in [0.25, 0.3) is 0 Å². The Morgan fingerprint density at radius 3 is 2.38 bits per heavy atom. The van der Waals surface area contributed by atoms with Gasteiger partial charge < -0.3 is 4.74 Å². The number of esters is 1. The van der Waals surface area contributed by atoms with Crippen molar-refractivity contribution in [1.82, 2.24) is 9.97 Å². The van der Waals surface area contributed by atoms with E-state index >= 15 is 0 Å². The molecule has 7 nitrogen and oxygen atoms in total. The fraction of sp³-hybridized carbons (Fsp3) is 0.375. The highest BCUT2D eigenvalue weighted by Gasteiger charge is 2.15. The Hall–Kier alpha value is -1.70. The van der Waals surface area contributed by atoms with E-state index in [1.165, 1.54) is 20.4 Å². The van der Waals surface area contributed by atoms with E-state index in [4.69, 9.17) is 0 Å². The summed E-state index contributed by atoms with van der Waals surface area (Å²) in [6, 6.07) is 0. The molecule has 8 heteroatoms. The van der Waals surface area contributed by atoms with Gasteiger partial charge in [0, 0.05) is 7.05 Å². The van der Waals surface area contributed by atoms with Gasteiger partial charge in [0.1, 0.15) is 0 Å². The van der Waals surface area contributed by atoms with Gasteiger partial charge in [-0.1, -0.05) is 0 Å². The summed E-state index contributed by atoms with van der Waals surface area (Å²) in [5, 5.41) is 0. The molecule has 0 amide bonds. The molecule has 88 valence electrons. The highest BCUT2D eigenvalue weighted by atomic mass is 32.2. The van der Waals surface area contributed by atoms with E-state index < -0.39 is 16.0 Å². The van der Waals surface area contributed by atoms with Gasteiger partial charge in [-0.05, 0) is 0 Å². The summed E-state index contributed by atoms with van der Waals surface area (Å²) >= 11 is 0. The summed E-state index contributed by atoms with van der Waals surface area (Å²) in [6.45, 7) is 0. The maximum absolute atomic E-state index is 11.2. The molecule has 0 spiro atoms. The predicted molar refractivity (Wildman–Crippen MR) is 56.6 cm³/mol. The highest BCUT2D eigenvalue weighted by Crippen LogP contribution is 2.10. The first-order chi connectivity index (χ1) is 7.36. The van der Waals surface area contributed by atoms with Crippen LogP contribution in [0.25, 0.3) is 0 Å². The van der Waals surface area contributed by atoms with Crippen molar-refractivity contribution in [3.63, 3.8) is 0 Å². The van der Waals surface area contributed by atoms with E-state index in [-0.39, 0.29) is 11.5 Å². The molecule has 16 heavy (non-hydrogen) atoms.